The van der Waals surface area contributed by atoms with E-state index in [1.807, 2.05) is 17.8 Å². The lowest BCUT2D eigenvalue weighted by Gasteiger charge is -2.23. The molecule has 3 heterocycles. The number of hydrogen-bond donors (Lipinski definition) is 3. The van der Waals surface area contributed by atoms with E-state index < -0.39 is 5.92 Å². The SMILES string of the molecule is C/C=C1/N=C(Oc2cnn([C@@H]3CCCNC3)c2)NC(=O)C1CC=N. The Hall–Kier alpha value is -2.48. The molecule has 24 heavy (non-hydrogen) atoms. The standard InChI is InChI=1S/C16H22N6O2/c1-2-14-13(5-6-17)15(23)21-16(20-14)24-12-9-19-22(10-12)11-4-3-7-18-8-11/h2,6,9-11,13,17-18H,3-5,7-8H2,1H3,(H,20,21,23)/b14-2+,17-6?/t11-,13?/m1/s1. The molecule has 1 saturated heterocycles. The van der Waals surface area contributed by atoms with Crippen molar-refractivity contribution in [1.82, 2.24) is 20.4 Å². The maximum absolute atomic E-state index is 12.2. The second kappa shape index (κ2) is 7.39. The molecular weight excluding hydrogens is 308 g/mol. The van der Waals surface area contributed by atoms with Crippen molar-refractivity contribution in [3.63, 3.8) is 0 Å². The summed E-state index contributed by atoms with van der Waals surface area (Å²) < 4.78 is 7.56. The van der Waals surface area contributed by atoms with Crippen LogP contribution < -0.4 is 15.4 Å². The molecule has 1 fully saturated rings. The van der Waals surface area contributed by atoms with E-state index in [0.29, 0.717) is 23.9 Å². The highest BCUT2D eigenvalue weighted by molar-refractivity contribution is 6.01. The third-order valence-corrected chi connectivity index (χ3v) is 4.22. The summed E-state index contributed by atoms with van der Waals surface area (Å²) in [4.78, 5) is 16.5. The molecule has 128 valence electrons. The van der Waals surface area contributed by atoms with Gasteiger partial charge in [-0.2, -0.15) is 5.10 Å². The van der Waals surface area contributed by atoms with E-state index in [-0.39, 0.29) is 11.9 Å². The van der Waals surface area contributed by atoms with E-state index in [0.717, 1.165) is 25.9 Å². The molecule has 2 aliphatic heterocycles. The fourth-order valence-corrected chi connectivity index (χ4v) is 2.95. The summed E-state index contributed by atoms with van der Waals surface area (Å²) in [7, 11) is 0. The highest BCUT2D eigenvalue weighted by Crippen LogP contribution is 2.22. The van der Waals surface area contributed by atoms with Gasteiger partial charge in [-0.05, 0) is 38.9 Å². The van der Waals surface area contributed by atoms with E-state index in [1.54, 1.807) is 12.3 Å². The number of piperidine rings is 1. The minimum atomic E-state index is -0.434. The predicted octanol–water partition coefficient (Wildman–Crippen LogP) is 1.23. The number of aromatic nitrogens is 2. The summed E-state index contributed by atoms with van der Waals surface area (Å²) in [5, 5.41) is 17.5. The third kappa shape index (κ3) is 3.53. The molecule has 1 aromatic heterocycles. The molecule has 0 saturated carbocycles. The van der Waals surface area contributed by atoms with Gasteiger partial charge < -0.3 is 15.5 Å². The Labute approximate surface area is 140 Å². The average molecular weight is 330 g/mol. The molecule has 1 unspecified atom stereocenters. The first-order valence-electron chi connectivity index (χ1n) is 8.18. The van der Waals surface area contributed by atoms with Crippen molar-refractivity contribution in [2.45, 2.75) is 32.2 Å². The minimum Gasteiger partial charge on any atom is -0.422 e. The predicted molar refractivity (Wildman–Crippen MR) is 90.2 cm³/mol. The van der Waals surface area contributed by atoms with Gasteiger partial charge >= 0.3 is 6.02 Å². The van der Waals surface area contributed by atoms with Crippen LogP contribution in [0.5, 0.6) is 5.75 Å². The first kappa shape index (κ1) is 16.4. The Morgan fingerprint density at radius 1 is 1.54 bits per heavy atom. The molecule has 3 rings (SSSR count). The quantitative estimate of drug-likeness (QED) is 0.722. The van der Waals surface area contributed by atoms with Crippen molar-refractivity contribution in [2.75, 3.05) is 13.1 Å². The number of ether oxygens (including phenoxy) is 1. The van der Waals surface area contributed by atoms with Gasteiger partial charge in [0.05, 0.1) is 30.1 Å². The topological polar surface area (TPSA) is 104 Å². The van der Waals surface area contributed by atoms with Gasteiger partial charge in [0, 0.05) is 6.54 Å². The van der Waals surface area contributed by atoms with Crippen LogP contribution in [0.2, 0.25) is 0 Å². The fourth-order valence-electron chi connectivity index (χ4n) is 2.95. The first-order valence-corrected chi connectivity index (χ1v) is 8.18. The van der Waals surface area contributed by atoms with Gasteiger partial charge in [-0.25, -0.2) is 4.99 Å². The number of aliphatic imine (C=N–C) groups is 1. The van der Waals surface area contributed by atoms with Crippen LogP contribution >= 0.6 is 0 Å². The first-order chi connectivity index (χ1) is 11.7. The number of hydrogen-bond acceptors (Lipinski definition) is 6. The van der Waals surface area contributed by atoms with E-state index in [2.05, 4.69) is 20.7 Å². The monoisotopic (exact) mass is 330 g/mol. The van der Waals surface area contributed by atoms with Crippen LogP contribution in [-0.2, 0) is 4.79 Å². The minimum absolute atomic E-state index is 0.149. The summed E-state index contributed by atoms with van der Waals surface area (Å²) in [5.41, 5.74) is 0.612. The summed E-state index contributed by atoms with van der Waals surface area (Å²) >= 11 is 0. The lowest BCUT2D eigenvalue weighted by atomic mass is 10.00. The zero-order valence-corrected chi connectivity index (χ0v) is 13.7. The van der Waals surface area contributed by atoms with Gasteiger partial charge in [-0.15, -0.1) is 0 Å². The van der Waals surface area contributed by atoms with Crippen LogP contribution in [0.1, 0.15) is 32.2 Å². The van der Waals surface area contributed by atoms with Gasteiger partial charge in [-0.1, -0.05) is 6.08 Å². The van der Waals surface area contributed by atoms with Crippen LogP contribution in [0.3, 0.4) is 0 Å². The van der Waals surface area contributed by atoms with Gasteiger partial charge in [0.1, 0.15) is 0 Å². The van der Waals surface area contributed by atoms with Crippen LogP contribution in [0.4, 0.5) is 0 Å². The summed E-state index contributed by atoms with van der Waals surface area (Å²) in [5.74, 6) is -0.100. The Kier molecular flexibility index (Phi) is 5.05. The molecule has 1 amide bonds. The van der Waals surface area contributed by atoms with Crippen molar-refractivity contribution in [3.05, 3.63) is 24.2 Å². The zero-order valence-electron chi connectivity index (χ0n) is 13.7. The number of nitrogens with one attached hydrogen (secondary N) is 3. The molecule has 2 atom stereocenters. The van der Waals surface area contributed by atoms with Crippen molar-refractivity contribution in [1.29, 1.82) is 5.41 Å². The molecule has 3 N–H and O–H groups in total. The molecule has 8 nitrogen and oxygen atoms in total. The Morgan fingerprint density at radius 2 is 2.42 bits per heavy atom. The smallest absolute Gasteiger partial charge is 0.302 e. The number of amidine groups is 1. The fraction of sp³-hybridized carbons (Fsp3) is 0.500. The largest absolute Gasteiger partial charge is 0.422 e. The zero-order chi connectivity index (χ0) is 16.9. The summed E-state index contributed by atoms with van der Waals surface area (Å²) in [6.07, 6.45) is 8.98. The normalized spacial score (nSPS) is 26.0. The lowest BCUT2D eigenvalue weighted by Crippen LogP contribution is -2.43. The number of carbonyl (C=O) groups excluding carboxylic acids is 1. The highest BCUT2D eigenvalue weighted by atomic mass is 16.5. The van der Waals surface area contributed by atoms with E-state index in [1.165, 1.54) is 6.21 Å². The molecule has 8 heteroatoms. The third-order valence-electron chi connectivity index (χ3n) is 4.22. The van der Waals surface area contributed by atoms with Gasteiger partial charge in [0.2, 0.25) is 5.91 Å². The average Bonchev–Trinajstić information content (AvgIpc) is 3.06. The van der Waals surface area contributed by atoms with E-state index >= 15 is 0 Å². The Morgan fingerprint density at radius 3 is 3.12 bits per heavy atom. The molecule has 0 aromatic carbocycles. The Balaban J connectivity index is 1.70. The van der Waals surface area contributed by atoms with E-state index in [9.17, 15) is 4.79 Å². The Bertz CT molecular complexity index is 672. The molecule has 0 radical (unpaired) electrons. The van der Waals surface area contributed by atoms with Crippen molar-refractivity contribution < 1.29 is 9.53 Å². The van der Waals surface area contributed by atoms with Gasteiger partial charge in [-0.3, -0.25) is 14.8 Å². The van der Waals surface area contributed by atoms with Crippen molar-refractivity contribution in [3.8, 4) is 5.75 Å². The molecular formula is C16H22N6O2. The molecule has 1 aromatic rings. The van der Waals surface area contributed by atoms with Crippen molar-refractivity contribution >= 4 is 18.1 Å². The van der Waals surface area contributed by atoms with Gasteiger partial charge in [0.25, 0.3) is 0 Å². The van der Waals surface area contributed by atoms with E-state index in [4.69, 9.17) is 10.1 Å². The number of nitrogens with zero attached hydrogens (tertiary/aromatic N) is 3. The second-order valence-corrected chi connectivity index (χ2v) is 5.87. The lowest BCUT2D eigenvalue weighted by molar-refractivity contribution is -0.122. The molecule has 0 spiro atoms. The van der Waals surface area contributed by atoms with Crippen LogP contribution in [0.15, 0.2) is 29.2 Å². The highest BCUT2D eigenvalue weighted by Gasteiger charge is 2.28. The molecule has 0 bridgehead atoms. The number of rotatable bonds is 4. The summed E-state index contributed by atoms with van der Waals surface area (Å²) in [6, 6.07) is 0.470. The van der Waals surface area contributed by atoms with Crippen molar-refractivity contribution in [2.24, 2.45) is 10.9 Å². The van der Waals surface area contributed by atoms with Crippen LogP contribution in [0, 0.1) is 11.3 Å². The molecule has 0 aliphatic carbocycles. The summed E-state index contributed by atoms with van der Waals surface area (Å²) in [6.45, 7) is 3.76. The second-order valence-electron chi connectivity index (χ2n) is 5.87. The van der Waals surface area contributed by atoms with Gasteiger partial charge in [0.15, 0.2) is 5.75 Å². The number of carbonyl (C=O) groups is 1. The van der Waals surface area contributed by atoms with Crippen LogP contribution in [-0.4, -0.2) is 41.0 Å². The molecule has 2 aliphatic rings. The maximum Gasteiger partial charge on any atom is 0.302 e. The number of allylic oxidation sites excluding steroid dienone is 1. The van der Waals surface area contributed by atoms with Crippen LogP contribution in [0.25, 0.3) is 0 Å². The number of amides is 1. The maximum atomic E-state index is 12.2.